The van der Waals surface area contributed by atoms with Gasteiger partial charge >= 0.3 is 5.97 Å². The van der Waals surface area contributed by atoms with E-state index >= 15 is 0 Å². The average molecular weight is 727 g/mol. The highest BCUT2D eigenvalue weighted by Gasteiger charge is 2.41. The first-order valence-electron chi connectivity index (χ1n) is 16.5. The number of hydrogen-bond donors (Lipinski definition) is 3. The van der Waals surface area contributed by atoms with Gasteiger partial charge in [0.2, 0.25) is 11.8 Å². The number of benzene rings is 3. The molecule has 0 saturated carbocycles. The lowest BCUT2D eigenvalue weighted by atomic mass is 9.77. The molecule has 15 heteroatoms. The zero-order valence-electron chi connectivity index (χ0n) is 29.2. The SMILES string of the molecule is CC(C)(ON=S1C=C(CC(=O)N[C@H]2C(=O)N[C@H]2N=[N+]=[N-])NC1=NC(c1ccccc1)(c1ccccc1)c1ccccc1)C(=O)OCC[Si](C)(C)C. The van der Waals surface area contributed by atoms with Crippen LogP contribution in [-0.4, -0.2) is 55.4 Å². The van der Waals surface area contributed by atoms with E-state index in [1.165, 1.54) is 0 Å². The third-order valence-corrected chi connectivity index (χ3v) is 11.3. The number of carbonyl (C=O) groups is 3. The zero-order chi connectivity index (χ0) is 36.6. The minimum absolute atomic E-state index is 0.165. The number of rotatable bonds is 14. The van der Waals surface area contributed by atoms with Crippen LogP contribution in [0.1, 0.15) is 37.0 Å². The van der Waals surface area contributed by atoms with Crippen LogP contribution < -0.4 is 16.0 Å². The van der Waals surface area contributed by atoms with Crippen molar-refractivity contribution >= 4 is 41.7 Å². The molecule has 1 saturated heterocycles. The van der Waals surface area contributed by atoms with Crippen molar-refractivity contribution in [1.82, 2.24) is 16.0 Å². The molecule has 0 spiro atoms. The maximum Gasteiger partial charge on any atom is 0.340 e. The van der Waals surface area contributed by atoms with Crippen molar-refractivity contribution in [3.8, 4) is 0 Å². The number of esters is 1. The molecule has 3 aromatic rings. The number of amides is 2. The normalized spacial score (nSPS) is 19.6. The van der Waals surface area contributed by atoms with Gasteiger partial charge in [-0.2, -0.15) is 0 Å². The van der Waals surface area contributed by atoms with E-state index in [4.69, 9.17) is 20.1 Å². The highest BCUT2D eigenvalue weighted by atomic mass is 32.2. The topological polar surface area (TPSA) is 179 Å². The second kappa shape index (κ2) is 15.9. The van der Waals surface area contributed by atoms with Crippen molar-refractivity contribution in [2.75, 3.05) is 6.61 Å². The van der Waals surface area contributed by atoms with Gasteiger partial charge in [-0.15, -0.1) is 0 Å². The Morgan fingerprint density at radius 1 is 0.941 bits per heavy atom. The summed E-state index contributed by atoms with van der Waals surface area (Å²) in [6, 6.07) is 29.4. The lowest BCUT2D eigenvalue weighted by molar-refractivity contribution is -0.167. The molecule has 2 amide bonds. The van der Waals surface area contributed by atoms with Crippen molar-refractivity contribution < 1.29 is 24.0 Å². The number of azide groups is 1. The van der Waals surface area contributed by atoms with E-state index in [-0.39, 0.29) is 6.42 Å². The highest BCUT2D eigenvalue weighted by Crippen LogP contribution is 2.41. The summed E-state index contributed by atoms with van der Waals surface area (Å²) in [5, 5.41) is 14.0. The molecule has 3 atom stereocenters. The van der Waals surface area contributed by atoms with Crippen molar-refractivity contribution in [1.29, 1.82) is 0 Å². The molecule has 5 rings (SSSR count). The van der Waals surface area contributed by atoms with E-state index in [0.29, 0.717) is 17.5 Å². The van der Waals surface area contributed by atoms with Gasteiger partial charge in [-0.05, 0) is 42.1 Å². The van der Waals surface area contributed by atoms with Crippen LogP contribution in [0.2, 0.25) is 25.7 Å². The Bertz CT molecular complexity index is 1800. The fourth-order valence-electron chi connectivity index (χ4n) is 5.36. The van der Waals surface area contributed by atoms with Crippen LogP contribution in [0.5, 0.6) is 0 Å². The number of ether oxygens (including phenoxy) is 1. The Kier molecular flexibility index (Phi) is 11.6. The van der Waals surface area contributed by atoms with Crippen LogP contribution in [0, 0.1) is 0 Å². The number of nitrogens with one attached hydrogen (secondary N) is 3. The summed E-state index contributed by atoms with van der Waals surface area (Å²) < 4.78 is 10.1. The van der Waals surface area contributed by atoms with Crippen LogP contribution >= 0.6 is 0 Å². The molecule has 0 bridgehead atoms. The molecule has 3 N–H and O–H groups in total. The van der Waals surface area contributed by atoms with E-state index in [0.717, 1.165) is 22.7 Å². The first-order chi connectivity index (χ1) is 24.3. The number of β-lactam (4-membered cyclic amide) rings is 1. The van der Waals surface area contributed by atoms with E-state index in [1.807, 2.05) is 91.0 Å². The van der Waals surface area contributed by atoms with Crippen LogP contribution in [0.3, 0.4) is 0 Å². The first-order valence-corrected chi connectivity index (χ1v) is 21.5. The first kappa shape index (κ1) is 37.2. The molecule has 1 fully saturated rings. The molecule has 2 heterocycles. The Balaban J connectivity index is 1.55. The van der Waals surface area contributed by atoms with E-state index in [2.05, 4.69) is 50.1 Å². The van der Waals surface area contributed by atoms with Gasteiger partial charge in [-0.3, -0.25) is 9.59 Å². The molecular formula is C36H42N8O5SSi. The standard InChI is InChI=1S/C36H42N8O5SSi/c1-35(2,33(47)48-21-22-51(3,4)5)49-44-50-24-28(23-29(45)39-30-31(42-43-37)40-32(30)46)38-34(50)41-36(25-15-9-6-10-16-25,26-17-11-7-12-18-26)27-19-13-8-14-20-27/h6-20,24,30-31H,21-23H2,1-5H3,(H,38,41)(H,39,45)(H,40,46)/t30-,31+,50?/m1/s1. The minimum atomic E-state index is -1.43. The molecule has 51 heavy (non-hydrogen) atoms. The quantitative estimate of drug-likeness (QED) is 0.0276. The predicted molar refractivity (Wildman–Crippen MR) is 200 cm³/mol. The molecule has 1 unspecified atom stereocenters. The van der Waals surface area contributed by atoms with Crippen molar-refractivity contribution in [2.24, 2.45) is 14.6 Å². The molecule has 0 aromatic heterocycles. The van der Waals surface area contributed by atoms with Crippen LogP contribution in [0.25, 0.3) is 10.4 Å². The second-order valence-electron chi connectivity index (χ2n) is 13.8. The number of nitrogens with zero attached hydrogens (tertiary/aromatic N) is 5. The molecule has 2 aliphatic heterocycles. The van der Waals surface area contributed by atoms with Gasteiger partial charge in [0.05, 0.1) is 13.0 Å². The predicted octanol–water partition coefficient (Wildman–Crippen LogP) is 5.81. The fraction of sp³-hybridized carbons (Fsp3) is 0.333. The lowest BCUT2D eigenvalue weighted by Gasteiger charge is -2.33. The second-order valence-corrected chi connectivity index (χ2v) is 20.8. The van der Waals surface area contributed by atoms with Gasteiger partial charge in [-0.1, -0.05) is 120 Å². The molecule has 13 nitrogen and oxygen atoms in total. The summed E-state index contributed by atoms with van der Waals surface area (Å²) in [6.45, 7) is 10.1. The third kappa shape index (κ3) is 8.99. The number of carbonyl (C=O) groups excluding carboxylic acids is 3. The molecule has 2 aliphatic rings. The summed E-state index contributed by atoms with van der Waals surface area (Å²) in [5.41, 5.74) is 9.45. The summed E-state index contributed by atoms with van der Waals surface area (Å²) in [7, 11) is -2.66. The fourth-order valence-corrected chi connectivity index (χ4v) is 7.45. The molecule has 0 radical (unpaired) electrons. The largest absolute Gasteiger partial charge is 0.464 e. The van der Waals surface area contributed by atoms with Gasteiger partial charge in [0, 0.05) is 34.8 Å². The maximum absolute atomic E-state index is 13.2. The Hall–Kier alpha value is -5.08. The highest BCUT2D eigenvalue weighted by molar-refractivity contribution is 8.05. The van der Waals surface area contributed by atoms with E-state index < -0.39 is 59.9 Å². The molecule has 0 aliphatic carbocycles. The van der Waals surface area contributed by atoms with Crippen molar-refractivity contribution in [3.63, 3.8) is 0 Å². The lowest BCUT2D eigenvalue weighted by Crippen LogP contribution is -2.68. The smallest absolute Gasteiger partial charge is 0.340 e. The Morgan fingerprint density at radius 2 is 1.49 bits per heavy atom. The maximum atomic E-state index is 13.2. The summed E-state index contributed by atoms with van der Waals surface area (Å²) in [6.07, 6.45) is -1.04. The number of hydrogen-bond acceptors (Lipinski definition) is 8. The summed E-state index contributed by atoms with van der Waals surface area (Å²) in [4.78, 5) is 52.5. The zero-order valence-corrected chi connectivity index (χ0v) is 31.0. The van der Waals surface area contributed by atoms with Gasteiger partial charge in [-0.25, -0.2) is 14.6 Å². The van der Waals surface area contributed by atoms with Gasteiger partial charge in [0.15, 0.2) is 10.8 Å². The average Bonchev–Trinajstić information content (AvgIpc) is 3.49. The van der Waals surface area contributed by atoms with Crippen LogP contribution in [-0.2, 0) is 40.2 Å². The number of amidine groups is 1. The van der Waals surface area contributed by atoms with Crippen molar-refractivity contribution in [2.45, 2.75) is 69.3 Å². The summed E-state index contributed by atoms with van der Waals surface area (Å²) >= 11 is 0. The Morgan fingerprint density at radius 3 is 1.98 bits per heavy atom. The van der Waals surface area contributed by atoms with Crippen molar-refractivity contribution in [3.05, 3.63) is 129 Å². The minimum Gasteiger partial charge on any atom is -0.464 e. The third-order valence-electron chi connectivity index (χ3n) is 8.22. The van der Waals surface area contributed by atoms with Gasteiger partial charge in [0.1, 0.15) is 17.7 Å². The van der Waals surface area contributed by atoms with E-state index in [1.54, 1.807) is 19.3 Å². The summed E-state index contributed by atoms with van der Waals surface area (Å²) in [5.74, 6) is -1.47. The van der Waals surface area contributed by atoms with Gasteiger partial charge in [0.25, 0.3) is 0 Å². The molecule has 3 aromatic carbocycles. The van der Waals surface area contributed by atoms with Crippen LogP contribution in [0.15, 0.2) is 117 Å². The number of aliphatic imine (C=N–C) groups is 1. The van der Waals surface area contributed by atoms with E-state index in [9.17, 15) is 14.4 Å². The monoisotopic (exact) mass is 726 g/mol. The molecular weight excluding hydrogens is 685 g/mol. The Labute approximate surface area is 300 Å². The van der Waals surface area contributed by atoms with Crippen LogP contribution in [0.4, 0.5) is 0 Å². The molecule has 266 valence electrons. The van der Waals surface area contributed by atoms with Gasteiger partial charge < -0.3 is 20.7 Å².